The van der Waals surface area contributed by atoms with Crippen LogP contribution in [-0.4, -0.2) is 20.7 Å². The maximum absolute atomic E-state index is 11.8. The Balaban J connectivity index is 2.04. The van der Waals surface area contributed by atoms with Crippen molar-refractivity contribution in [3.05, 3.63) is 41.5 Å². The molecule has 0 radical (unpaired) electrons. The lowest BCUT2D eigenvalue weighted by molar-refractivity contribution is 0.0458. The number of benzene rings is 1. The minimum absolute atomic E-state index is 0.0864. The number of nitrogens with two attached hydrogens (primary N) is 1. The number of anilines is 1. The van der Waals surface area contributed by atoms with E-state index in [4.69, 9.17) is 10.5 Å². The molecule has 0 amide bonds. The molecule has 2 aromatic rings. The number of rotatable bonds is 3. The van der Waals surface area contributed by atoms with Crippen LogP contribution in [-0.2, 0) is 18.4 Å². The van der Waals surface area contributed by atoms with Crippen molar-refractivity contribution in [2.45, 2.75) is 13.5 Å². The van der Waals surface area contributed by atoms with E-state index in [2.05, 4.69) is 10.1 Å². The number of nitrogen functional groups attached to an aromatic ring is 1. The summed E-state index contributed by atoms with van der Waals surface area (Å²) in [5.41, 5.74) is 7.67. The predicted octanol–water partition coefficient (Wildman–Crippen LogP) is 1.06. The van der Waals surface area contributed by atoms with Crippen LogP contribution in [0.25, 0.3) is 0 Å². The van der Waals surface area contributed by atoms with Gasteiger partial charge in [0.05, 0.1) is 5.56 Å². The highest BCUT2D eigenvalue weighted by molar-refractivity contribution is 5.90. The van der Waals surface area contributed by atoms with Gasteiger partial charge < -0.3 is 10.5 Å². The molecule has 2 N–H and O–H groups in total. The Hall–Kier alpha value is -2.37. The number of aromatic nitrogens is 3. The first-order valence-corrected chi connectivity index (χ1v) is 5.44. The van der Waals surface area contributed by atoms with Crippen LogP contribution in [0, 0.1) is 6.92 Å². The third kappa shape index (κ3) is 2.48. The van der Waals surface area contributed by atoms with Crippen molar-refractivity contribution in [2.24, 2.45) is 7.05 Å². The predicted molar refractivity (Wildman–Crippen MR) is 65.7 cm³/mol. The van der Waals surface area contributed by atoms with Crippen LogP contribution in [0.15, 0.2) is 24.5 Å². The third-order valence-corrected chi connectivity index (χ3v) is 2.65. The average molecular weight is 246 g/mol. The van der Waals surface area contributed by atoms with Crippen LogP contribution in [0.1, 0.15) is 21.7 Å². The molecule has 0 saturated carbocycles. The monoisotopic (exact) mass is 246 g/mol. The topological polar surface area (TPSA) is 83.0 Å². The molecule has 0 spiro atoms. The lowest BCUT2D eigenvalue weighted by Gasteiger charge is -2.06. The minimum atomic E-state index is -0.426. The van der Waals surface area contributed by atoms with Gasteiger partial charge in [0, 0.05) is 12.7 Å². The molecule has 6 nitrogen and oxygen atoms in total. The van der Waals surface area contributed by atoms with E-state index < -0.39 is 5.97 Å². The van der Waals surface area contributed by atoms with Crippen molar-refractivity contribution in [2.75, 3.05) is 5.73 Å². The Morgan fingerprint density at radius 3 is 2.89 bits per heavy atom. The zero-order valence-electron chi connectivity index (χ0n) is 10.3. The molecule has 0 aliphatic rings. The van der Waals surface area contributed by atoms with Crippen LogP contribution in [0.5, 0.6) is 0 Å². The molecule has 0 aliphatic carbocycles. The van der Waals surface area contributed by atoms with E-state index >= 15 is 0 Å². The molecule has 2 rings (SSSR count). The lowest BCUT2D eigenvalue weighted by Crippen LogP contribution is -2.09. The van der Waals surface area contributed by atoms with Gasteiger partial charge in [0.15, 0.2) is 12.4 Å². The summed E-state index contributed by atoms with van der Waals surface area (Å²) in [5.74, 6) is 0.160. The summed E-state index contributed by atoms with van der Waals surface area (Å²) in [4.78, 5) is 15.7. The summed E-state index contributed by atoms with van der Waals surface area (Å²) in [7, 11) is 1.74. The molecule has 94 valence electrons. The Morgan fingerprint density at radius 1 is 1.50 bits per heavy atom. The molecule has 18 heavy (non-hydrogen) atoms. The van der Waals surface area contributed by atoms with Crippen molar-refractivity contribution in [3.8, 4) is 0 Å². The smallest absolute Gasteiger partial charge is 0.338 e. The molecular formula is C12H14N4O2. The first kappa shape index (κ1) is 12.1. The third-order valence-electron chi connectivity index (χ3n) is 2.65. The van der Waals surface area contributed by atoms with Crippen molar-refractivity contribution < 1.29 is 9.53 Å². The van der Waals surface area contributed by atoms with Gasteiger partial charge in [0.25, 0.3) is 0 Å². The quantitative estimate of drug-likeness (QED) is 0.646. The van der Waals surface area contributed by atoms with E-state index in [1.54, 1.807) is 29.9 Å². The lowest BCUT2D eigenvalue weighted by atomic mass is 10.1. The maximum Gasteiger partial charge on any atom is 0.338 e. The van der Waals surface area contributed by atoms with Gasteiger partial charge in [-0.2, -0.15) is 5.10 Å². The highest BCUT2D eigenvalue weighted by Crippen LogP contribution is 2.14. The largest absolute Gasteiger partial charge is 0.454 e. The fourth-order valence-electron chi connectivity index (χ4n) is 1.43. The zero-order valence-corrected chi connectivity index (χ0v) is 10.3. The van der Waals surface area contributed by atoms with Crippen LogP contribution < -0.4 is 5.73 Å². The highest BCUT2D eigenvalue weighted by Gasteiger charge is 2.10. The van der Waals surface area contributed by atoms with Gasteiger partial charge >= 0.3 is 5.97 Å². The van der Waals surface area contributed by atoms with E-state index in [0.717, 1.165) is 5.56 Å². The van der Waals surface area contributed by atoms with E-state index in [1.165, 1.54) is 6.33 Å². The van der Waals surface area contributed by atoms with Gasteiger partial charge in [-0.15, -0.1) is 0 Å². The molecule has 1 heterocycles. The second kappa shape index (κ2) is 4.87. The van der Waals surface area contributed by atoms with Crippen molar-refractivity contribution >= 4 is 11.7 Å². The van der Waals surface area contributed by atoms with Crippen molar-refractivity contribution in [1.29, 1.82) is 0 Å². The molecule has 6 heteroatoms. The number of nitrogens with zero attached hydrogens (tertiary/aromatic N) is 3. The van der Waals surface area contributed by atoms with E-state index in [0.29, 0.717) is 17.1 Å². The van der Waals surface area contributed by atoms with E-state index in [9.17, 15) is 4.79 Å². The van der Waals surface area contributed by atoms with Gasteiger partial charge in [-0.25, -0.2) is 9.78 Å². The number of carbonyl (C=O) groups is 1. The van der Waals surface area contributed by atoms with Gasteiger partial charge in [-0.05, 0) is 24.6 Å². The molecule has 0 aliphatic heterocycles. The van der Waals surface area contributed by atoms with Crippen LogP contribution in [0.3, 0.4) is 0 Å². The minimum Gasteiger partial charge on any atom is -0.454 e. The van der Waals surface area contributed by atoms with Gasteiger partial charge in [-0.3, -0.25) is 4.68 Å². The van der Waals surface area contributed by atoms with Gasteiger partial charge in [-0.1, -0.05) is 6.07 Å². The Labute approximate surface area is 104 Å². The SMILES string of the molecule is Cc1ccc(C(=O)OCc2ncnn2C)cc1N. The van der Waals surface area contributed by atoms with Crippen molar-refractivity contribution in [1.82, 2.24) is 14.8 Å². The summed E-state index contributed by atoms with van der Waals surface area (Å²) in [6, 6.07) is 5.08. The fourth-order valence-corrected chi connectivity index (χ4v) is 1.43. The van der Waals surface area contributed by atoms with Gasteiger partial charge in [0.1, 0.15) is 6.33 Å². The second-order valence-electron chi connectivity index (χ2n) is 3.95. The Bertz CT molecular complexity index is 577. The molecule has 0 atom stereocenters. The van der Waals surface area contributed by atoms with E-state index in [1.807, 2.05) is 6.92 Å². The molecule has 1 aromatic carbocycles. The molecule has 1 aromatic heterocycles. The first-order chi connectivity index (χ1) is 8.58. The summed E-state index contributed by atoms with van der Waals surface area (Å²) in [6.07, 6.45) is 1.41. The number of hydrogen-bond acceptors (Lipinski definition) is 5. The summed E-state index contributed by atoms with van der Waals surface area (Å²) in [6.45, 7) is 1.97. The maximum atomic E-state index is 11.8. The zero-order chi connectivity index (χ0) is 13.1. The number of carbonyl (C=O) groups excluding carboxylic acids is 1. The van der Waals surface area contributed by atoms with Crippen LogP contribution in [0.4, 0.5) is 5.69 Å². The van der Waals surface area contributed by atoms with E-state index in [-0.39, 0.29) is 6.61 Å². The Kier molecular flexibility index (Phi) is 3.27. The first-order valence-electron chi connectivity index (χ1n) is 5.44. The summed E-state index contributed by atoms with van der Waals surface area (Å²) in [5, 5.41) is 3.89. The summed E-state index contributed by atoms with van der Waals surface area (Å²) < 4.78 is 6.68. The molecule has 0 bridgehead atoms. The number of aryl methyl sites for hydroxylation is 2. The molecule has 0 unspecified atom stereocenters. The normalized spacial score (nSPS) is 10.3. The second-order valence-corrected chi connectivity index (χ2v) is 3.95. The van der Waals surface area contributed by atoms with Gasteiger partial charge in [0.2, 0.25) is 0 Å². The average Bonchev–Trinajstić information content (AvgIpc) is 2.75. The summed E-state index contributed by atoms with van der Waals surface area (Å²) >= 11 is 0. The Morgan fingerprint density at radius 2 is 2.28 bits per heavy atom. The standard InChI is InChI=1S/C12H14N4O2/c1-8-3-4-9(5-10(8)13)12(17)18-6-11-14-7-15-16(11)2/h3-5,7H,6,13H2,1-2H3. The molecule has 0 saturated heterocycles. The molecule has 0 fully saturated rings. The number of esters is 1. The number of hydrogen-bond donors (Lipinski definition) is 1. The fraction of sp³-hybridized carbons (Fsp3) is 0.250. The van der Waals surface area contributed by atoms with Crippen LogP contribution in [0.2, 0.25) is 0 Å². The van der Waals surface area contributed by atoms with Crippen LogP contribution >= 0.6 is 0 Å². The number of ether oxygens (including phenoxy) is 1. The van der Waals surface area contributed by atoms with Crippen molar-refractivity contribution in [3.63, 3.8) is 0 Å². The molecular weight excluding hydrogens is 232 g/mol. The highest BCUT2D eigenvalue weighted by atomic mass is 16.5.